The lowest BCUT2D eigenvalue weighted by atomic mass is 10.0. The van der Waals surface area contributed by atoms with Gasteiger partial charge in [-0.25, -0.2) is 4.39 Å². The first-order valence-corrected chi connectivity index (χ1v) is 21.5. The fourth-order valence-corrected chi connectivity index (χ4v) is 5.33. The van der Waals surface area contributed by atoms with Crippen molar-refractivity contribution in [1.82, 2.24) is 4.98 Å². The van der Waals surface area contributed by atoms with Crippen molar-refractivity contribution >= 4 is 15.9 Å². The van der Waals surface area contributed by atoms with E-state index in [-0.39, 0.29) is 5.82 Å². The summed E-state index contributed by atoms with van der Waals surface area (Å²) in [5.41, 5.74) is 9.31. The molecule has 0 atom stereocenters. The Labute approximate surface area is 361 Å². The van der Waals surface area contributed by atoms with E-state index in [1.807, 2.05) is 42.6 Å². The van der Waals surface area contributed by atoms with Crippen molar-refractivity contribution in [2.45, 2.75) is 126 Å². The summed E-state index contributed by atoms with van der Waals surface area (Å²) in [5, 5.41) is 8.94. The normalized spacial score (nSPS) is 10.3. The van der Waals surface area contributed by atoms with Gasteiger partial charge in [0.25, 0.3) is 0 Å². The quantitative estimate of drug-likeness (QED) is 0.181. The Morgan fingerprint density at radius 2 is 0.741 bits per heavy atom. The lowest BCUT2D eigenvalue weighted by molar-refractivity contribution is 0.475. The van der Waals surface area contributed by atoms with Crippen molar-refractivity contribution in [3.8, 4) is 5.75 Å². The summed E-state index contributed by atoms with van der Waals surface area (Å²) in [6.45, 7) is 28.1. The van der Waals surface area contributed by atoms with Gasteiger partial charge >= 0.3 is 0 Å². The van der Waals surface area contributed by atoms with Crippen LogP contribution in [0.25, 0.3) is 0 Å². The molecule has 1 heterocycles. The van der Waals surface area contributed by atoms with E-state index in [9.17, 15) is 4.39 Å². The highest BCUT2D eigenvalue weighted by Crippen LogP contribution is 2.19. The topological polar surface area (TPSA) is 33.1 Å². The average molecular weight is 849 g/mol. The van der Waals surface area contributed by atoms with Crippen molar-refractivity contribution < 1.29 is 9.50 Å². The Hall–Kier alpha value is -4.54. The second kappa shape index (κ2) is 28.8. The minimum atomic E-state index is -0.163. The molecule has 0 bridgehead atoms. The number of benzene rings is 5. The third-order valence-electron chi connectivity index (χ3n) is 9.19. The van der Waals surface area contributed by atoms with Crippen LogP contribution in [0.5, 0.6) is 5.75 Å². The van der Waals surface area contributed by atoms with Crippen LogP contribution in [0.4, 0.5) is 4.39 Å². The van der Waals surface area contributed by atoms with Gasteiger partial charge in [0.15, 0.2) is 0 Å². The number of aryl methyl sites for hydroxylation is 1. The van der Waals surface area contributed by atoms with E-state index in [1.165, 1.54) is 51.1 Å². The van der Waals surface area contributed by atoms with Crippen molar-refractivity contribution in [2.75, 3.05) is 0 Å². The Bertz CT molecular complexity index is 1620. The zero-order valence-corrected chi connectivity index (χ0v) is 39.1. The number of phenols is 1. The molecule has 1 N–H and O–H groups in total. The van der Waals surface area contributed by atoms with E-state index >= 15 is 0 Å². The number of phenolic OH excluding ortho intramolecular Hbond substituents is 1. The zero-order chi connectivity index (χ0) is 43.6. The van der Waals surface area contributed by atoms with E-state index in [4.69, 9.17) is 5.11 Å². The third kappa shape index (κ3) is 23.0. The van der Waals surface area contributed by atoms with Gasteiger partial charge in [0, 0.05) is 16.9 Å². The molecule has 0 saturated carbocycles. The fraction of sp³-hybridized carbons (Fsp3) is 0.352. The lowest BCUT2D eigenvalue weighted by Crippen LogP contribution is -1.85. The highest BCUT2D eigenvalue weighted by Gasteiger charge is 1.99. The van der Waals surface area contributed by atoms with Gasteiger partial charge in [-0.3, -0.25) is 4.98 Å². The Morgan fingerprint density at radius 3 is 1.07 bits per heavy atom. The van der Waals surface area contributed by atoms with Crippen LogP contribution in [0, 0.1) is 12.7 Å². The molecule has 5 aromatic carbocycles. The molecule has 0 amide bonds. The molecule has 0 aliphatic heterocycles. The van der Waals surface area contributed by atoms with Gasteiger partial charge in [-0.05, 0) is 118 Å². The monoisotopic (exact) mass is 847 g/mol. The van der Waals surface area contributed by atoms with Crippen LogP contribution in [-0.2, 0) is 0 Å². The van der Waals surface area contributed by atoms with Gasteiger partial charge in [0.1, 0.15) is 11.6 Å². The summed E-state index contributed by atoms with van der Waals surface area (Å²) < 4.78 is 13.5. The molecule has 312 valence electrons. The largest absolute Gasteiger partial charge is 0.508 e. The van der Waals surface area contributed by atoms with Crippen LogP contribution in [0.1, 0.15) is 158 Å². The van der Waals surface area contributed by atoms with Crippen LogP contribution in [-0.4, -0.2) is 10.1 Å². The predicted molar refractivity (Wildman–Crippen MR) is 255 cm³/mol. The molecule has 1 aromatic heterocycles. The number of hydrogen-bond acceptors (Lipinski definition) is 2. The van der Waals surface area contributed by atoms with Crippen LogP contribution in [0.3, 0.4) is 0 Å². The smallest absolute Gasteiger partial charge is 0.123 e. The molecule has 0 unspecified atom stereocenters. The number of aromatic nitrogens is 1. The molecule has 0 spiro atoms. The molecule has 58 heavy (non-hydrogen) atoms. The maximum absolute atomic E-state index is 12.4. The van der Waals surface area contributed by atoms with E-state index in [2.05, 4.69) is 190 Å². The first-order valence-electron chi connectivity index (χ1n) is 20.7. The number of halogens is 2. The maximum atomic E-state index is 12.4. The molecule has 0 saturated heterocycles. The molecular weight excluding hydrogens is 778 g/mol. The number of aromatic hydroxyl groups is 1. The molecule has 6 rings (SSSR count). The summed E-state index contributed by atoms with van der Waals surface area (Å²) in [7, 11) is 0. The predicted octanol–water partition coefficient (Wildman–Crippen LogP) is 17.2. The number of rotatable bonds is 6. The first-order chi connectivity index (χ1) is 27.4. The summed E-state index contributed by atoms with van der Waals surface area (Å²) >= 11 is 3.39. The van der Waals surface area contributed by atoms with E-state index < -0.39 is 0 Å². The van der Waals surface area contributed by atoms with E-state index in [1.54, 1.807) is 18.3 Å². The highest BCUT2D eigenvalue weighted by molar-refractivity contribution is 9.10. The molecule has 0 aliphatic rings. The Balaban J connectivity index is 0.000000348. The molecule has 0 fully saturated rings. The van der Waals surface area contributed by atoms with Gasteiger partial charge in [-0.1, -0.05) is 202 Å². The van der Waals surface area contributed by atoms with Crippen molar-refractivity contribution in [3.63, 3.8) is 0 Å². The summed E-state index contributed by atoms with van der Waals surface area (Å²) in [4.78, 5) is 4.01. The van der Waals surface area contributed by atoms with Crippen LogP contribution >= 0.6 is 15.9 Å². The van der Waals surface area contributed by atoms with E-state index in [0.29, 0.717) is 41.3 Å². The van der Waals surface area contributed by atoms with Gasteiger partial charge < -0.3 is 5.11 Å². The second-order valence-corrected chi connectivity index (χ2v) is 17.1. The maximum Gasteiger partial charge on any atom is 0.123 e. The second-order valence-electron chi connectivity index (χ2n) is 16.2. The van der Waals surface area contributed by atoms with Gasteiger partial charge in [0.05, 0.1) is 0 Å². The number of hydrogen-bond donors (Lipinski definition) is 1. The van der Waals surface area contributed by atoms with Crippen molar-refractivity contribution in [1.29, 1.82) is 0 Å². The molecule has 0 radical (unpaired) electrons. The van der Waals surface area contributed by atoms with Crippen molar-refractivity contribution in [2.24, 2.45) is 0 Å². The third-order valence-corrected chi connectivity index (χ3v) is 9.72. The van der Waals surface area contributed by atoms with Gasteiger partial charge in [-0.2, -0.15) is 0 Å². The van der Waals surface area contributed by atoms with Gasteiger partial charge in [-0.15, -0.1) is 0 Å². The first kappa shape index (κ1) is 51.5. The molecule has 6 aromatic rings. The Kier molecular flexibility index (Phi) is 25.6. The van der Waals surface area contributed by atoms with Gasteiger partial charge in [0.2, 0.25) is 0 Å². The summed E-state index contributed by atoms with van der Waals surface area (Å²) in [5.74, 6) is 3.74. The van der Waals surface area contributed by atoms with E-state index in [0.717, 1.165) is 4.47 Å². The summed E-state index contributed by atoms with van der Waals surface area (Å²) in [6, 6.07) is 45.7. The Morgan fingerprint density at radius 1 is 0.414 bits per heavy atom. The molecular formula is C54H71BrFNO. The standard InChI is InChI=1S/C10H14.C9H11Br.C9H11F.C9H12O.C9H12.C8H11N/c1-8(2)10-6-4-9(3)5-7-10;3*1-7(2)8-3-5-9(10)6-4-8;1-8(2)9-6-4-3-5-7-9;1-7(2)8-4-3-5-9-6-8/h4-8H,1-3H3;2*3-7H,1-2H3;3-7,10H,1-2H3;3-8H,1-2H3;3-7H,1-2H3. The van der Waals surface area contributed by atoms with Crippen LogP contribution < -0.4 is 0 Å². The van der Waals surface area contributed by atoms with Crippen LogP contribution in [0.15, 0.2) is 156 Å². The summed E-state index contributed by atoms with van der Waals surface area (Å²) in [6.07, 6.45) is 3.70. The molecule has 0 aliphatic carbocycles. The highest BCUT2D eigenvalue weighted by atomic mass is 79.9. The minimum Gasteiger partial charge on any atom is -0.508 e. The zero-order valence-electron chi connectivity index (χ0n) is 37.5. The lowest BCUT2D eigenvalue weighted by Gasteiger charge is -2.03. The fourth-order valence-electron chi connectivity index (χ4n) is 5.06. The minimum absolute atomic E-state index is 0.163. The molecule has 2 nitrogen and oxygen atoms in total. The van der Waals surface area contributed by atoms with Crippen molar-refractivity contribution in [3.05, 3.63) is 201 Å². The number of pyridine rings is 1. The SMILES string of the molecule is CC(C)c1ccc(Br)cc1.CC(C)c1ccc(F)cc1.CC(C)c1ccc(O)cc1.CC(C)c1ccccc1.CC(C)c1cccnc1.Cc1ccc(C(C)C)cc1. The molecule has 4 heteroatoms. The number of nitrogens with zero attached hydrogens (tertiary/aromatic N) is 1. The van der Waals surface area contributed by atoms with Crippen LogP contribution in [0.2, 0.25) is 0 Å². The average Bonchev–Trinajstić information content (AvgIpc) is 3.20.